The summed E-state index contributed by atoms with van der Waals surface area (Å²) in [6.07, 6.45) is 2.50. The average Bonchev–Trinajstić information content (AvgIpc) is 2.77. The number of benzene rings is 3. The third kappa shape index (κ3) is 6.48. The van der Waals surface area contributed by atoms with Crippen molar-refractivity contribution in [3.63, 3.8) is 0 Å². The molecule has 0 spiro atoms. The smallest absolute Gasteiger partial charge is 0.321 e. The van der Waals surface area contributed by atoms with Crippen molar-refractivity contribution in [1.82, 2.24) is 4.72 Å². The lowest BCUT2D eigenvalue weighted by atomic mass is 10.2. The Bertz CT molecular complexity index is 1000. The molecule has 0 radical (unpaired) electrons. The van der Waals surface area contributed by atoms with Gasteiger partial charge in [0.05, 0.1) is 12.4 Å². The third-order valence-corrected chi connectivity index (χ3v) is 10.5. The molecular weight excluding hydrogens is 509 g/mol. The molecule has 1 unspecified atom stereocenters. The highest BCUT2D eigenvalue weighted by atomic mass is 79.9. The van der Waals surface area contributed by atoms with Gasteiger partial charge in [0.15, 0.2) is 0 Å². The number of hydrogen-bond acceptors (Lipinski definition) is 3. The topological polar surface area (TPSA) is 83.5 Å². The second kappa shape index (κ2) is 11.7. The van der Waals surface area contributed by atoms with Crippen LogP contribution in [0.25, 0.3) is 0 Å². The van der Waals surface area contributed by atoms with Gasteiger partial charge in [0.2, 0.25) is 10.0 Å². The van der Waals surface area contributed by atoms with Crippen molar-refractivity contribution in [2.24, 2.45) is 0 Å². The van der Waals surface area contributed by atoms with Gasteiger partial charge < -0.3 is 22.1 Å². The Morgan fingerprint density at radius 2 is 1.22 bits per heavy atom. The molecule has 0 bridgehead atoms. The molecule has 0 aliphatic heterocycles. The molecular formula is C24H27BrNO4PS. The zero-order valence-electron chi connectivity index (χ0n) is 17.8. The third-order valence-electron chi connectivity index (χ3n) is 5.23. The maximum atomic E-state index is 11.6. The highest BCUT2D eigenvalue weighted by Crippen LogP contribution is 2.55. The van der Waals surface area contributed by atoms with Crippen molar-refractivity contribution < 1.29 is 35.3 Å². The molecule has 8 heteroatoms. The van der Waals surface area contributed by atoms with Gasteiger partial charge in [0.25, 0.3) is 0 Å². The zero-order valence-corrected chi connectivity index (χ0v) is 21.1. The standard InChI is InChI=1S/C24H26NO4PS.BrH/c1-31(28,29)25-23(24(26)27)18-11-19-30(20-12-5-2-6-13-20,21-14-7-3-8-15-21)22-16-9-4-10-17-22;/h2-10,12-17,23,25H,11,18-19H2,1H3;1H. The van der Waals surface area contributed by atoms with Crippen LogP contribution in [0.5, 0.6) is 0 Å². The monoisotopic (exact) mass is 535 g/mol. The Morgan fingerprint density at radius 3 is 1.53 bits per heavy atom. The molecule has 3 aromatic rings. The predicted octanol–water partition coefficient (Wildman–Crippen LogP) is -0.233. The molecule has 170 valence electrons. The Balaban J connectivity index is 0.00000363. The molecule has 0 amide bonds. The molecule has 0 aliphatic carbocycles. The second-order valence-corrected chi connectivity index (χ2v) is 12.9. The second-order valence-electron chi connectivity index (χ2n) is 7.46. The van der Waals surface area contributed by atoms with Gasteiger partial charge in [-0.1, -0.05) is 54.6 Å². The molecule has 0 aromatic heterocycles. The first-order valence-electron chi connectivity index (χ1n) is 10.1. The summed E-state index contributed by atoms with van der Waals surface area (Å²) >= 11 is 0. The summed E-state index contributed by atoms with van der Waals surface area (Å²) in [5.41, 5.74) is 0. The summed E-state index contributed by atoms with van der Waals surface area (Å²) in [5, 5.41) is 13.2. The minimum atomic E-state index is -3.61. The zero-order chi connectivity index (χ0) is 22.3. The van der Waals surface area contributed by atoms with Crippen LogP contribution in [0.3, 0.4) is 0 Å². The van der Waals surface area contributed by atoms with Crippen molar-refractivity contribution in [2.45, 2.75) is 18.9 Å². The van der Waals surface area contributed by atoms with E-state index in [4.69, 9.17) is 0 Å². The molecule has 3 aromatic carbocycles. The van der Waals surface area contributed by atoms with E-state index in [1.54, 1.807) is 0 Å². The van der Waals surface area contributed by atoms with Gasteiger partial charge in [-0.05, 0) is 49.2 Å². The van der Waals surface area contributed by atoms with Crippen molar-refractivity contribution >= 4 is 39.2 Å². The van der Waals surface area contributed by atoms with E-state index in [-0.39, 0.29) is 23.4 Å². The van der Waals surface area contributed by atoms with E-state index >= 15 is 0 Å². The molecule has 0 heterocycles. The Kier molecular flexibility index (Phi) is 9.59. The summed E-state index contributed by atoms with van der Waals surface area (Å²) in [6, 6.07) is 29.8. The van der Waals surface area contributed by atoms with Crippen LogP contribution in [-0.4, -0.2) is 38.0 Å². The fraction of sp³-hybridized carbons (Fsp3) is 0.208. The Hall–Kier alpha value is -2.05. The number of carboxylic acid groups (broad SMARTS) is 1. The summed E-state index contributed by atoms with van der Waals surface area (Å²) in [4.78, 5) is 11.6. The van der Waals surface area contributed by atoms with Crippen LogP contribution < -0.4 is 37.6 Å². The summed E-state index contributed by atoms with van der Waals surface area (Å²) in [6.45, 7) is 0. The molecule has 0 saturated heterocycles. The van der Waals surface area contributed by atoms with Crippen LogP contribution in [0.15, 0.2) is 91.0 Å². The fourth-order valence-corrected chi connectivity index (χ4v) is 9.01. The molecule has 5 nitrogen and oxygen atoms in total. The number of aliphatic carboxylic acids is 1. The highest BCUT2D eigenvalue weighted by molar-refractivity contribution is 7.95. The van der Waals surface area contributed by atoms with Crippen molar-refractivity contribution in [2.75, 3.05) is 12.4 Å². The summed E-state index contributed by atoms with van der Waals surface area (Å²) in [5.74, 6) is -1.16. The number of carbonyl (C=O) groups is 1. The minimum Gasteiger partial charge on any atom is -1.00 e. The Morgan fingerprint density at radius 1 is 0.844 bits per heavy atom. The van der Waals surface area contributed by atoms with Gasteiger partial charge >= 0.3 is 5.97 Å². The SMILES string of the molecule is CS(=O)(=O)NC(CCC[P+](c1ccccc1)(c1ccccc1)c1ccccc1)C(=O)O.[Br-]. The largest absolute Gasteiger partial charge is 1.00 e. The lowest BCUT2D eigenvalue weighted by Crippen LogP contribution is -3.00. The van der Waals surface area contributed by atoms with Gasteiger partial charge in [-0.15, -0.1) is 0 Å². The molecule has 0 saturated carbocycles. The number of sulfonamides is 1. The summed E-state index contributed by atoms with van der Waals surface area (Å²) < 4.78 is 25.5. The first kappa shape index (κ1) is 26.2. The molecule has 32 heavy (non-hydrogen) atoms. The van der Waals surface area contributed by atoms with E-state index < -0.39 is 29.3 Å². The van der Waals surface area contributed by atoms with E-state index in [1.807, 2.05) is 54.6 Å². The summed E-state index contributed by atoms with van der Waals surface area (Å²) in [7, 11) is -5.67. The molecule has 1 atom stereocenters. The normalized spacial score (nSPS) is 12.5. The van der Waals surface area contributed by atoms with E-state index in [0.29, 0.717) is 6.42 Å². The van der Waals surface area contributed by atoms with Gasteiger partial charge in [0, 0.05) is 0 Å². The van der Waals surface area contributed by atoms with E-state index in [1.165, 1.54) is 15.9 Å². The first-order valence-corrected chi connectivity index (χ1v) is 13.9. The fourth-order valence-electron chi connectivity index (χ4n) is 3.91. The predicted molar refractivity (Wildman–Crippen MR) is 129 cm³/mol. The molecule has 3 rings (SSSR count). The maximum absolute atomic E-state index is 11.6. The van der Waals surface area contributed by atoms with Gasteiger partial charge in [-0.25, -0.2) is 13.1 Å². The number of rotatable bonds is 10. The van der Waals surface area contributed by atoms with Crippen molar-refractivity contribution in [1.29, 1.82) is 0 Å². The van der Waals surface area contributed by atoms with Gasteiger partial charge in [-0.3, -0.25) is 4.79 Å². The van der Waals surface area contributed by atoms with Crippen LogP contribution in [-0.2, 0) is 14.8 Å². The van der Waals surface area contributed by atoms with Gasteiger partial charge in [-0.2, -0.15) is 0 Å². The number of carboxylic acids is 1. The van der Waals surface area contributed by atoms with Crippen LogP contribution in [0.4, 0.5) is 0 Å². The molecule has 2 N–H and O–H groups in total. The quantitative estimate of drug-likeness (QED) is 0.351. The van der Waals surface area contributed by atoms with E-state index in [9.17, 15) is 18.3 Å². The van der Waals surface area contributed by atoms with Crippen molar-refractivity contribution in [3.05, 3.63) is 91.0 Å². The molecule has 0 fully saturated rings. The number of nitrogens with one attached hydrogen (secondary N) is 1. The molecule has 0 aliphatic rings. The number of halogens is 1. The first-order chi connectivity index (χ1) is 14.8. The van der Waals surface area contributed by atoms with Crippen LogP contribution in [0.1, 0.15) is 12.8 Å². The average molecular weight is 536 g/mol. The van der Waals surface area contributed by atoms with Crippen LogP contribution in [0.2, 0.25) is 0 Å². The Labute approximate surface area is 201 Å². The maximum Gasteiger partial charge on any atom is 0.321 e. The highest BCUT2D eigenvalue weighted by Gasteiger charge is 2.44. The lowest BCUT2D eigenvalue weighted by Gasteiger charge is -2.28. The van der Waals surface area contributed by atoms with Crippen LogP contribution >= 0.6 is 7.26 Å². The number of hydrogen-bond donors (Lipinski definition) is 2. The van der Waals surface area contributed by atoms with E-state index in [2.05, 4.69) is 41.1 Å². The van der Waals surface area contributed by atoms with E-state index in [0.717, 1.165) is 12.4 Å². The van der Waals surface area contributed by atoms with Gasteiger partial charge in [0.1, 0.15) is 29.2 Å². The lowest BCUT2D eigenvalue weighted by molar-refractivity contribution is -0.139. The van der Waals surface area contributed by atoms with Crippen LogP contribution in [0, 0.1) is 0 Å². The minimum absolute atomic E-state index is 0. The van der Waals surface area contributed by atoms with Crippen molar-refractivity contribution in [3.8, 4) is 0 Å².